The molecular weight excluding hydrogens is 364 g/mol. The molecule has 1 heterocycles. The topological polar surface area (TPSA) is 60.5 Å². The molecule has 0 saturated heterocycles. The normalized spacial score (nSPS) is 29.5. The van der Waals surface area contributed by atoms with E-state index in [1.807, 2.05) is 30.3 Å². The van der Waals surface area contributed by atoms with E-state index >= 15 is 0 Å². The lowest BCUT2D eigenvalue weighted by atomic mass is 9.49. The molecule has 0 spiro atoms. The monoisotopic (exact) mass is 392 g/mol. The third-order valence-electron chi connectivity index (χ3n) is 7.09. The molecule has 152 valence electrons. The first-order valence-electron chi connectivity index (χ1n) is 10.6. The van der Waals surface area contributed by atoms with Crippen LogP contribution in [0.5, 0.6) is 11.5 Å². The molecule has 5 heteroatoms. The van der Waals surface area contributed by atoms with Crippen LogP contribution in [0, 0.1) is 23.2 Å². The van der Waals surface area contributed by atoms with Gasteiger partial charge in [0.2, 0.25) is 5.91 Å². The van der Waals surface area contributed by atoms with Crippen LogP contribution in [0.25, 0.3) is 0 Å². The Hall–Kier alpha value is -2.56. The first-order chi connectivity index (χ1) is 14.1. The highest BCUT2D eigenvalue weighted by Crippen LogP contribution is 2.60. The lowest BCUT2D eigenvalue weighted by Gasteiger charge is -2.55. The minimum atomic E-state index is -0.160. The van der Waals surface area contributed by atoms with E-state index < -0.39 is 0 Å². The summed E-state index contributed by atoms with van der Waals surface area (Å²) in [6.07, 6.45) is 10.7. The largest absolute Gasteiger partial charge is 0.493 e. The average Bonchev–Trinajstić information content (AvgIpc) is 2.72. The molecule has 4 aliphatic carbocycles. The first-order valence-corrected chi connectivity index (χ1v) is 10.6. The van der Waals surface area contributed by atoms with Crippen molar-refractivity contribution >= 4 is 11.6 Å². The fourth-order valence-corrected chi connectivity index (χ4v) is 6.16. The summed E-state index contributed by atoms with van der Waals surface area (Å²) in [5, 5.41) is 3.20. The number of carbonyl (C=O) groups is 1. The molecule has 29 heavy (non-hydrogen) atoms. The molecule has 6 rings (SSSR count). The number of nitrogens with zero attached hydrogens (tertiary/aromatic N) is 1. The van der Waals surface area contributed by atoms with E-state index in [0.29, 0.717) is 18.1 Å². The van der Waals surface area contributed by atoms with Crippen LogP contribution >= 0.6 is 0 Å². The number of carbonyl (C=O) groups excluding carboxylic acids is 1. The zero-order chi connectivity index (χ0) is 19.8. The van der Waals surface area contributed by atoms with Crippen LogP contribution < -0.4 is 14.8 Å². The predicted molar refractivity (Wildman–Crippen MR) is 111 cm³/mol. The minimum absolute atomic E-state index is 0.160. The SMILES string of the molecule is COc1ccc(NC(=O)C23CC4CC(CC(C4)C2)C3)cc1OCc1ccncc1. The van der Waals surface area contributed by atoms with Gasteiger partial charge in [-0.1, -0.05) is 0 Å². The van der Waals surface area contributed by atoms with Gasteiger partial charge in [-0.05, 0) is 86.1 Å². The van der Waals surface area contributed by atoms with Gasteiger partial charge in [0.25, 0.3) is 0 Å². The maximum atomic E-state index is 13.3. The molecule has 2 aromatic rings. The Bertz CT molecular complexity index is 861. The highest BCUT2D eigenvalue weighted by molar-refractivity contribution is 5.96. The summed E-state index contributed by atoms with van der Waals surface area (Å²) in [6.45, 7) is 0.422. The second-order valence-electron chi connectivity index (χ2n) is 9.16. The number of amides is 1. The highest BCUT2D eigenvalue weighted by Gasteiger charge is 2.54. The van der Waals surface area contributed by atoms with Crippen LogP contribution in [-0.4, -0.2) is 18.0 Å². The molecule has 4 aliphatic rings. The molecule has 0 unspecified atom stereocenters. The van der Waals surface area contributed by atoms with Gasteiger partial charge in [-0.3, -0.25) is 9.78 Å². The maximum absolute atomic E-state index is 13.3. The van der Waals surface area contributed by atoms with Gasteiger partial charge in [-0.2, -0.15) is 0 Å². The van der Waals surface area contributed by atoms with Gasteiger partial charge >= 0.3 is 0 Å². The Kier molecular flexibility index (Phi) is 4.69. The van der Waals surface area contributed by atoms with Gasteiger partial charge in [-0.25, -0.2) is 0 Å². The Balaban J connectivity index is 1.31. The van der Waals surface area contributed by atoms with Crippen molar-refractivity contribution in [2.75, 3.05) is 12.4 Å². The molecule has 1 aromatic carbocycles. The van der Waals surface area contributed by atoms with Crippen LogP contribution in [0.2, 0.25) is 0 Å². The van der Waals surface area contributed by atoms with E-state index in [1.54, 1.807) is 19.5 Å². The van der Waals surface area contributed by atoms with Gasteiger partial charge in [-0.15, -0.1) is 0 Å². The number of pyridine rings is 1. The van der Waals surface area contributed by atoms with E-state index in [4.69, 9.17) is 9.47 Å². The third kappa shape index (κ3) is 3.59. The summed E-state index contributed by atoms with van der Waals surface area (Å²) < 4.78 is 11.4. The number of nitrogens with one attached hydrogen (secondary N) is 1. The smallest absolute Gasteiger partial charge is 0.230 e. The molecule has 1 amide bonds. The fourth-order valence-electron chi connectivity index (χ4n) is 6.16. The highest BCUT2D eigenvalue weighted by atomic mass is 16.5. The Labute approximate surface area is 171 Å². The van der Waals surface area contributed by atoms with Crippen LogP contribution in [0.15, 0.2) is 42.7 Å². The Morgan fingerprint density at radius 3 is 2.31 bits per heavy atom. The number of anilines is 1. The molecule has 4 saturated carbocycles. The van der Waals surface area contributed by atoms with Crippen molar-refractivity contribution in [2.45, 2.75) is 45.1 Å². The minimum Gasteiger partial charge on any atom is -0.493 e. The summed E-state index contributed by atoms with van der Waals surface area (Å²) in [5.41, 5.74) is 1.65. The Morgan fingerprint density at radius 2 is 1.69 bits per heavy atom. The zero-order valence-electron chi connectivity index (χ0n) is 16.9. The van der Waals surface area contributed by atoms with E-state index in [2.05, 4.69) is 10.3 Å². The molecule has 5 nitrogen and oxygen atoms in total. The second kappa shape index (κ2) is 7.36. The second-order valence-corrected chi connectivity index (χ2v) is 9.16. The molecular formula is C24H28N2O3. The number of benzene rings is 1. The number of rotatable bonds is 6. The first kappa shape index (κ1) is 18.5. The van der Waals surface area contributed by atoms with Crippen molar-refractivity contribution in [3.8, 4) is 11.5 Å². The lowest BCUT2D eigenvalue weighted by molar-refractivity contribution is -0.140. The molecule has 4 fully saturated rings. The number of hydrogen-bond acceptors (Lipinski definition) is 4. The summed E-state index contributed by atoms with van der Waals surface area (Å²) >= 11 is 0. The van der Waals surface area contributed by atoms with E-state index in [-0.39, 0.29) is 11.3 Å². The van der Waals surface area contributed by atoms with E-state index in [9.17, 15) is 4.79 Å². The predicted octanol–water partition coefficient (Wildman–Crippen LogP) is 4.82. The van der Waals surface area contributed by atoms with E-state index in [1.165, 1.54) is 19.3 Å². The molecule has 1 N–H and O–H groups in total. The van der Waals surface area contributed by atoms with E-state index in [0.717, 1.165) is 48.3 Å². The average molecular weight is 392 g/mol. The van der Waals surface area contributed by atoms with Crippen molar-refractivity contribution < 1.29 is 14.3 Å². The molecule has 0 radical (unpaired) electrons. The number of aromatic nitrogens is 1. The lowest BCUT2D eigenvalue weighted by Crippen LogP contribution is -2.51. The summed E-state index contributed by atoms with van der Waals surface area (Å²) in [5.74, 6) is 3.74. The molecule has 0 atom stereocenters. The van der Waals surface area contributed by atoms with Gasteiger partial charge < -0.3 is 14.8 Å². The van der Waals surface area contributed by atoms with Crippen molar-refractivity contribution in [3.05, 3.63) is 48.3 Å². The van der Waals surface area contributed by atoms with Crippen molar-refractivity contribution in [3.63, 3.8) is 0 Å². The van der Waals surface area contributed by atoms with Crippen molar-refractivity contribution in [1.29, 1.82) is 0 Å². The quantitative estimate of drug-likeness (QED) is 0.765. The van der Waals surface area contributed by atoms with Crippen LogP contribution in [0.3, 0.4) is 0 Å². The fraction of sp³-hybridized carbons (Fsp3) is 0.500. The van der Waals surface area contributed by atoms with Gasteiger partial charge in [0.1, 0.15) is 6.61 Å². The molecule has 1 aromatic heterocycles. The zero-order valence-corrected chi connectivity index (χ0v) is 16.9. The molecule has 0 aliphatic heterocycles. The van der Waals surface area contributed by atoms with Crippen molar-refractivity contribution in [2.24, 2.45) is 23.2 Å². The van der Waals surface area contributed by atoms with Crippen LogP contribution in [-0.2, 0) is 11.4 Å². The number of methoxy groups -OCH3 is 1. The summed E-state index contributed by atoms with van der Waals surface area (Å²) in [4.78, 5) is 17.4. The maximum Gasteiger partial charge on any atom is 0.230 e. The summed E-state index contributed by atoms with van der Waals surface area (Å²) in [7, 11) is 1.63. The number of hydrogen-bond donors (Lipinski definition) is 1. The van der Waals surface area contributed by atoms with Gasteiger partial charge in [0.15, 0.2) is 11.5 Å². The molecule has 4 bridgehead atoms. The number of ether oxygens (including phenoxy) is 2. The van der Waals surface area contributed by atoms with Gasteiger partial charge in [0.05, 0.1) is 12.5 Å². The third-order valence-corrected chi connectivity index (χ3v) is 7.09. The standard InChI is InChI=1S/C24H28N2O3/c1-28-21-3-2-20(11-22(21)29-15-16-4-6-25-7-5-16)26-23(27)24-12-17-8-18(13-24)10-19(9-17)14-24/h2-7,11,17-19H,8-10,12-15H2,1H3,(H,26,27). The summed E-state index contributed by atoms with van der Waals surface area (Å²) in [6, 6.07) is 9.47. The van der Waals surface area contributed by atoms with Crippen LogP contribution in [0.4, 0.5) is 5.69 Å². The van der Waals surface area contributed by atoms with Crippen molar-refractivity contribution in [1.82, 2.24) is 4.98 Å². The van der Waals surface area contributed by atoms with Gasteiger partial charge in [0, 0.05) is 24.1 Å². The Morgan fingerprint density at radius 1 is 1.03 bits per heavy atom. The van der Waals surface area contributed by atoms with Crippen LogP contribution in [0.1, 0.15) is 44.1 Å².